The van der Waals surface area contributed by atoms with Crippen molar-refractivity contribution in [1.82, 2.24) is 0 Å². The van der Waals surface area contributed by atoms with Crippen molar-refractivity contribution in [3.05, 3.63) is 71.8 Å². The van der Waals surface area contributed by atoms with Gasteiger partial charge in [0.15, 0.2) is 13.9 Å². The van der Waals surface area contributed by atoms with Crippen LogP contribution in [0.3, 0.4) is 0 Å². The second kappa shape index (κ2) is 15.3. The first-order valence-corrected chi connectivity index (χ1v) is 20.3. The summed E-state index contributed by atoms with van der Waals surface area (Å²) in [5.74, 6) is -0.725. The number of hydrogen-bond donors (Lipinski definition) is 1. The van der Waals surface area contributed by atoms with Gasteiger partial charge in [0.05, 0.1) is 5.56 Å². The van der Waals surface area contributed by atoms with Gasteiger partial charge in [-0.2, -0.15) is 0 Å². The average Bonchev–Trinajstić information content (AvgIpc) is 3.68. The zero-order valence-electron chi connectivity index (χ0n) is 28.6. The average molecular weight is 633 g/mol. The highest BCUT2D eigenvalue weighted by Crippen LogP contribution is 2.47. The topological polar surface area (TPSA) is 72.8 Å². The molecule has 2 aromatic carbocycles. The number of ether oxygens (including phenoxy) is 1. The number of carbonyl (C=O) groups is 2. The smallest absolute Gasteiger partial charge is 0.338 e. The van der Waals surface area contributed by atoms with E-state index in [9.17, 15) is 14.7 Å². The lowest BCUT2D eigenvalue weighted by molar-refractivity contribution is -0.163. The number of benzene rings is 2. The fraction of sp³-hybridized carbons (Fsp3) is 0.590. The van der Waals surface area contributed by atoms with Crippen LogP contribution < -0.4 is 0 Å². The third kappa shape index (κ3) is 8.56. The molecule has 0 heterocycles. The monoisotopic (exact) mass is 632 g/mol. The number of carboxylic acid groups (broad SMARTS) is 1. The van der Waals surface area contributed by atoms with E-state index in [1.165, 1.54) is 5.57 Å². The maximum absolute atomic E-state index is 13.2. The van der Waals surface area contributed by atoms with E-state index in [4.69, 9.17) is 9.16 Å². The Morgan fingerprint density at radius 1 is 0.911 bits per heavy atom. The first-order valence-electron chi connectivity index (χ1n) is 17.4. The molecule has 0 amide bonds. The summed E-state index contributed by atoms with van der Waals surface area (Å²) in [5, 5.41) is 10.6. The Kier molecular flexibility index (Phi) is 11.9. The first-order chi connectivity index (χ1) is 21.4. The summed E-state index contributed by atoms with van der Waals surface area (Å²) in [7, 11) is -2.29. The van der Waals surface area contributed by atoms with Crippen LogP contribution in [0.2, 0.25) is 18.1 Å². The molecule has 0 aliphatic heterocycles. The summed E-state index contributed by atoms with van der Waals surface area (Å²) in [6, 6.07) is 17.8. The van der Waals surface area contributed by atoms with Crippen LogP contribution in [0, 0.1) is 11.8 Å². The predicted octanol–water partition coefficient (Wildman–Crippen LogP) is 10.6. The van der Waals surface area contributed by atoms with Crippen LogP contribution >= 0.6 is 0 Å². The number of unbranched alkanes of at least 4 members (excludes halogenated alkanes) is 2. The fourth-order valence-electron chi connectivity index (χ4n) is 7.13. The number of carbonyl (C=O) groups excluding carboxylic acids is 1. The number of rotatable bonds is 15. The SMILES string of the molecule is CCCC1=CC[C@H](OC(=O)c2ccc(-c3ccccc3)cc2)[C@@H]1CCCCCC(O[Si](C)(C)C(C)(C)C)(C(=O)O)C1CCCC1. The Morgan fingerprint density at radius 3 is 2.16 bits per heavy atom. The highest BCUT2D eigenvalue weighted by atomic mass is 28.4. The highest BCUT2D eigenvalue weighted by molar-refractivity contribution is 6.74. The van der Waals surface area contributed by atoms with Crippen LogP contribution in [0.5, 0.6) is 0 Å². The van der Waals surface area contributed by atoms with Crippen molar-refractivity contribution >= 4 is 20.3 Å². The molecule has 6 heteroatoms. The van der Waals surface area contributed by atoms with E-state index in [1.807, 2.05) is 42.5 Å². The Balaban J connectivity index is 1.37. The summed E-state index contributed by atoms with van der Waals surface area (Å²) < 4.78 is 13.0. The predicted molar refractivity (Wildman–Crippen MR) is 186 cm³/mol. The summed E-state index contributed by atoms with van der Waals surface area (Å²) in [6.45, 7) is 13.1. The minimum absolute atomic E-state index is 0.0484. The molecule has 246 valence electrons. The van der Waals surface area contributed by atoms with Gasteiger partial charge in [-0.3, -0.25) is 0 Å². The Labute approximate surface area is 272 Å². The largest absolute Gasteiger partial charge is 0.479 e. The number of aliphatic carboxylic acids is 1. The van der Waals surface area contributed by atoms with E-state index in [-0.39, 0.29) is 28.9 Å². The molecule has 1 unspecified atom stereocenters. The van der Waals surface area contributed by atoms with Gasteiger partial charge < -0.3 is 14.3 Å². The Hall–Kier alpha value is -2.70. The molecule has 0 saturated heterocycles. The standard InChI is InChI=1S/C39H56O5Si/c1-7-16-31-26-27-35(43-36(40)32-24-22-30(23-25-32)29-17-10-8-11-18-29)34(31)21-12-9-15-28-39(37(41)42,33-19-13-14-20-33)44-45(5,6)38(2,3)4/h8,10-11,17-18,22-26,33-35H,7,9,12-16,19-21,27-28H2,1-6H3,(H,41,42)/t34-,35+,39?/m1/s1. The third-order valence-electron chi connectivity index (χ3n) is 10.7. The molecule has 2 aliphatic rings. The van der Waals surface area contributed by atoms with Crippen molar-refractivity contribution in [1.29, 1.82) is 0 Å². The molecule has 1 N–H and O–H groups in total. The van der Waals surface area contributed by atoms with Gasteiger partial charge in [-0.05, 0) is 85.8 Å². The molecule has 1 fully saturated rings. The quantitative estimate of drug-likeness (QED) is 0.0915. The Bertz CT molecular complexity index is 1290. The van der Waals surface area contributed by atoms with E-state index in [2.05, 4.69) is 59.0 Å². The van der Waals surface area contributed by atoms with E-state index in [0.29, 0.717) is 12.0 Å². The zero-order chi connectivity index (χ0) is 32.7. The maximum atomic E-state index is 13.2. The van der Waals surface area contributed by atoms with Gasteiger partial charge in [-0.15, -0.1) is 0 Å². The first kappa shape index (κ1) is 35.2. The molecule has 0 radical (unpaired) electrons. The van der Waals surface area contributed by atoms with Crippen molar-refractivity contribution in [2.45, 2.75) is 135 Å². The van der Waals surface area contributed by atoms with Crippen molar-refractivity contribution < 1.29 is 23.9 Å². The minimum Gasteiger partial charge on any atom is -0.479 e. The van der Waals surface area contributed by atoms with Gasteiger partial charge in [0, 0.05) is 12.3 Å². The molecule has 0 bridgehead atoms. The number of carboxylic acids is 1. The van der Waals surface area contributed by atoms with E-state index in [0.717, 1.165) is 81.8 Å². The minimum atomic E-state index is -2.29. The number of esters is 1. The highest BCUT2D eigenvalue weighted by Gasteiger charge is 2.53. The molecule has 4 rings (SSSR count). The molecule has 5 nitrogen and oxygen atoms in total. The van der Waals surface area contributed by atoms with Gasteiger partial charge in [-0.25, -0.2) is 9.59 Å². The van der Waals surface area contributed by atoms with Crippen LogP contribution in [-0.2, 0) is 14.0 Å². The van der Waals surface area contributed by atoms with Gasteiger partial charge in [0.25, 0.3) is 0 Å². The molecule has 3 atom stereocenters. The normalized spacial score (nSPS) is 20.5. The van der Waals surface area contributed by atoms with Gasteiger partial charge in [0.2, 0.25) is 0 Å². The van der Waals surface area contributed by atoms with Crippen LogP contribution in [0.4, 0.5) is 0 Å². The lowest BCUT2D eigenvalue weighted by Gasteiger charge is -2.46. The third-order valence-corrected chi connectivity index (χ3v) is 15.2. The van der Waals surface area contributed by atoms with Crippen LogP contribution in [0.25, 0.3) is 11.1 Å². The molecule has 1 saturated carbocycles. The van der Waals surface area contributed by atoms with Crippen LogP contribution in [0.1, 0.15) is 115 Å². The van der Waals surface area contributed by atoms with Crippen molar-refractivity contribution in [3.63, 3.8) is 0 Å². The summed E-state index contributed by atoms with van der Waals surface area (Å²) in [5.41, 5.74) is 3.09. The molecular formula is C39H56O5Si. The molecule has 0 spiro atoms. The second-order valence-electron chi connectivity index (χ2n) is 14.9. The van der Waals surface area contributed by atoms with Gasteiger partial charge in [0.1, 0.15) is 6.10 Å². The zero-order valence-corrected chi connectivity index (χ0v) is 29.6. The van der Waals surface area contributed by atoms with Crippen LogP contribution in [-0.4, -0.2) is 37.1 Å². The maximum Gasteiger partial charge on any atom is 0.338 e. The number of hydrogen-bond acceptors (Lipinski definition) is 4. The van der Waals surface area contributed by atoms with Crippen molar-refractivity contribution in [2.75, 3.05) is 0 Å². The van der Waals surface area contributed by atoms with Gasteiger partial charge in [-0.1, -0.05) is 114 Å². The fourth-order valence-corrected chi connectivity index (χ4v) is 8.70. The summed E-state index contributed by atoms with van der Waals surface area (Å²) in [6.07, 6.45) is 13.3. The van der Waals surface area contributed by atoms with Gasteiger partial charge >= 0.3 is 11.9 Å². The van der Waals surface area contributed by atoms with Crippen molar-refractivity contribution in [2.24, 2.45) is 11.8 Å². The van der Waals surface area contributed by atoms with E-state index >= 15 is 0 Å². The van der Waals surface area contributed by atoms with E-state index in [1.54, 1.807) is 0 Å². The van der Waals surface area contributed by atoms with Crippen LogP contribution in [0.15, 0.2) is 66.2 Å². The van der Waals surface area contributed by atoms with Crippen molar-refractivity contribution in [3.8, 4) is 11.1 Å². The Morgan fingerprint density at radius 2 is 1.56 bits per heavy atom. The lowest BCUT2D eigenvalue weighted by Crippen LogP contribution is -2.57. The molecule has 2 aliphatic carbocycles. The molecule has 45 heavy (non-hydrogen) atoms. The van der Waals surface area contributed by atoms with E-state index < -0.39 is 19.9 Å². The lowest BCUT2D eigenvalue weighted by atomic mass is 9.81. The second-order valence-corrected chi connectivity index (χ2v) is 19.6. The summed E-state index contributed by atoms with van der Waals surface area (Å²) in [4.78, 5) is 26.2. The summed E-state index contributed by atoms with van der Waals surface area (Å²) >= 11 is 0. The molecule has 0 aromatic heterocycles. The molecular weight excluding hydrogens is 577 g/mol. The molecule has 2 aromatic rings.